The van der Waals surface area contributed by atoms with Crippen LogP contribution in [0, 0.1) is 4.91 Å². The lowest BCUT2D eigenvalue weighted by Gasteiger charge is -2.09. The monoisotopic (exact) mass is 303 g/mol. The summed E-state index contributed by atoms with van der Waals surface area (Å²) in [6, 6.07) is 0.801. The van der Waals surface area contributed by atoms with Crippen LogP contribution in [0.25, 0.3) is 0 Å². The van der Waals surface area contributed by atoms with Gasteiger partial charge in [-0.15, -0.1) is 4.91 Å². The Hall–Kier alpha value is -2.58. The van der Waals surface area contributed by atoms with E-state index in [-0.39, 0.29) is 0 Å². The van der Waals surface area contributed by atoms with Crippen LogP contribution in [0.1, 0.15) is 15.9 Å². The van der Waals surface area contributed by atoms with Gasteiger partial charge in [0.2, 0.25) is 6.04 Å². The summed E-state index contributed by atoms with van der Waals surface area (Å²) in [4.78, 5) is 44.7. The summed E-state index contributed by atoms with van der Waals surface area (Å²) < 4.78 is 41.6. The second-order valence-electron chi connectivity index (χ2n) is 3.81. The number of hydrogen-bond donors (Lipinski definition) is 0. The highest BCUT2D eigenvalue weighted by Gasteiger charge is 2.36. The predicted molar refractivity (Wildman–Crippen MR) is 62.4 cm³/mol. The number of benzene rings is 1. The fourth-order valence-electron chi connectivity index (χ4n) is 1.43. The first-order chi connectivity index (χ1) is 9.72. The van der Waals surface area contributed by atoms with E-state index in [1.807, 2.05) is 0 Å². The maximum atomic E-state index is 12.5. The predicted octanol–water partition coefficient (Wildman–Crippen LogP) is 1.77. The minimum atomic E-state index is -4.70. The number of carbonyl (C=O) groups is 3. The maximum Gasteiger partial charge on any atom is 0.416 e. The van der Waals surface area contributed by atoms with Gasteiger partial charge in [0.15, 0.2) is 5.78 Å². The quantitative estimate of drug-likeness (QED) is 0.272. The molecule has 112 valence electrons. The molecule has 1 atom stereocenters. The lowest BCUT2D eigenvalue weighted by molar-refractivity contribution is -0.151. The van der Waals surface area contributed by atoms with E-state index >= 15 is 0 Å². The Morgan fingerprint density at radius 1 is 1.24 bits per heavy atom. The highest BCUT2D eigenvalue weighted by atomic mass is 19.4. The molecule has 1 aromatic carbocycles. The Labute approximate surface area is 115 Å². The van der Waals surface area contributed by atoms with Crippen LogP contribution in [-0.4, -0.2) is 30.7 Å². The molecule has 0 N–H and O–H groups in total. The molecule has 0 aliphatic carbocycles. The Bertz CT molecular complexity index is 597. The van der Waals surface area contributed by atoms with Crippen molar-refractivity contribution in [2.45, 2.75) is 12.2 Å². The molecular weight excluding hydrogens is 295 g/mol. The number of ketones is 2. The molecule has 1 rings (SSSR count). The summed E-state index contributed by atoms with van der Waals surface area (Å²) in [5.74, 6) is -4.35. The van der Waals surface area contributed by atoms with Gasteiger partial charge in [0.1, 0.15) is 0 Å². The number of ether oxygens (including phenoxy) is 1. The average molecular weight is 303 g/mol. The summed E-state index contributed by atoms with van der Waals surface area (Å²) in [7, 11) is 0.844. The molecule has 0 bridgehead atoms. The van der Waals surface area contributed by atoms with Gasteiger partial charge in [-0.2, -0.15) is 13.2 Å². The molecule has 6 nitrogen and oxygen atoms in total. The fraction of sp³-hybridized carbons (Fsp3) is 0.250. The van der Waals surface area contributed by atoms with Gasteiger partial charge in [-0.05, 0) is 17.3 Å². The summed E-state index contributed by atoms with van der Waals surface area (Å²) in [6.07, 6.45) is -4.70. The molecule has 0 aliphatic heterocycles. The molecule has 0 saturated heterocycles. The van der Waals surface area contributed by atoms with Gasteiger partial charge in [-0.1, -0.05) is 12.1 Å². The summed E-state index contributed by atoms with van der Waals surface area (Å²) in [5, 5.41) is 2.19. The molecule has 1 aromatic rings. The van der Waals surface area contributed by atoms with Crippen LogP contribution in [0.2, 0.25) is 0 Å². The second-order valence-corrected chi connectivity index (χ2v) is 3.81. The molecule has 0 spiro atoms. The Balaban J connectivity index is 3.15. The van der Waals surface area contributed by atoms with E-state index in [1.165, 1.54) is 0 Å². The first-order valence-corrected chi connectivity index (χ1v) is 5.38. The molecule has 21 heavy (non-hydrogen) atoms. The van der Waals surface area contributed by atoms with E-state index in [2.05, 4.69) is 9.91 Å². The number of methoxy groups -OCH3 is 1. The number of rotatable bonds is 5. The van der Waals surface area contributed by atoms with E-state index in [9.17, 15) is 32.5 Å². The van der Waals surface area contributed by atoms with Crippen molar-refractivity contribution in [3.05, 3.63) is 40.3 Å². The lowest BCUT2D eigenvalue weighted by atomic mass is 9.99. The van der Waals surface area contributed by atoms with Crippen LogP contribution in [0.3, 0.4) is 0 Å². The second kappa shape index (κ2) is 6.25. The lowest BCUT2D eigenvalue weighted by Crippen LogP contribution is -2.34. The highest BCUT2D eigenvalue weighted by molar-refractivity contribution is 6.41. The van der Waals surface area contributed by atoms with Gasteiger partial charge in [-0.3, -0.25) is 9.59 Å². The standard InChI is InChI=1S/C12H8F3NO5/c1-21-11(19)10(18)8(16-20)9(17)6-3-2-4-7(5-6)12(13,14)15/h2-5,8H,1H3. The first kappa shape index (κ1) is 16.5. The third kappa shape index (κ3) is 3.71. The molecule has 0 amide bonds. The largest absolute Gasteiger partial charge is 0.463 e. The van der Waals surface area contributed by atoms with Crippen molar-refractivity contribution in [2.24, 2.45) is 5.18 Å². The summed E-state index contributed by atoms with van der Waals surface area (Å²) in [6.45, 7) is 0. The number of hydrogen-bond acceptors (Lipinski definition) is 6. The minimum Gasteiger partial charge on any atom is -0.463 e. The van der Waals surface area contributed by atoms with Crippen LogP contribution in [-0.2, 0) is 20.5 Å². The van der Waals surface area contributed by atoms with E-state index in [0.29, 0.717) is 12.1 Å². The van der Waals surface area contributed by atoms with Crippen molar-refractivity contribution in [1.29, 1.82) is 0 Å². The van der Waals surface area contributed by atoms with Gasteiger partial charge < -0.3 is 4.74 Å². The molecular formula is C12H8F3NO5. The minimum absolute atomic E-state index is 0.463. The molecule has 0 radical (unpaired) electrons. The average Bonchev–Trinajstić information content (AvgIpc) is 2.46. The summed E-state index contributed by atoms with van der Waals surface area (Å²) >= 11 is 0. The zero-order valence-electron chi connectivity index (χ0n) is 10.5. The van der Waals surface area contributed by atoms with E-state index in [1.54, 1.807) is 0 Å². The van der Waals surface area contributed by atoms with E-state index < -0.39 is 40.9 Å². The van der Waals surface area contributed by atoms with Gasteiger partial charge in [-0.25, -0.2) is 4.79 Å². The zero-order valence-corrected chi connectivity index (χ0v) is 10.5. The number of esters is 1. The van der Waals surface area contributed by atoms with Crippen molar-refractivity contribution in [2.75, 3.05) is 7.11 Å². The van der Waals surface area contributed by atoms with Crippen LogP contribution in [0.5, 0.6) is 0 Å². The van der Waals surface area contributed by atoms with Crippen LogP contribution in [0.4, 0.5) is 13.2 Å². The molecule has 0 saturated carbocycles. The Morgan fingerprint density at radius 2 is 1.86 bits per heavy atom. The van der Waals surface area contributed by atoms with Crippen molar-refractivity contribution >= 4 is 17.5 Å². The number of halogens is 3. The molecule has 0 fully saturated rings. The third-order valence-electron chi connectivity index (χ3n) is 2.46. The number of carbonyl (C=O) groups excluding carboxylic acids is 3. The SMILES string of the molecule is COC(=O)C(=O)C(N=O)C(=O)c1cccc(C(F)(F)F)c1. The van der Waals surface area contributed by atoms with Crippen LogP contribution >= 0.6 is 0 Å². The zero-order chi connectivity index (χ0) is 16.2. The highest BCUT2D eigenvalue weighted by Crippen LogP contribution is 2.29. The molecule has 0 aliphatic rings. The van der Waals surface area contributed by atoms with Crippen LogP contribution in [0.15, 0.2) is 29.4 Å². The van der Waals surface area contributed by atoms with Gasteiger partial charge in [0.05, 0.1) is 12.7 Å². The van der Waals surface area contributed by atoms with Crippen molar-refractivity contribution < 1.29 is 32.3 Å². The van der Waals surface area contributed by atoms with Crippen molar-refractivity contribution in [3.8, 4) is 0 Å². The smallest absolute Gasteiger partial charge is 0.416 e. The normalized spacial score (nSPS) is 12.4. The molecule has 1 unspecified atom stereocenters. The summed E-state index contributed by atoms with van der Waals surface area (Å²) in [5.41, 5.74) is -1.70. The van der Waals surface area contributed by atoms with Gasteiger partial charge >= 0.3 is 12.1 Å². The van der Waals surface area contributed by atoms with Crippen LogP contribution < -0.4 is 0 Å². The van der Waals surface area contributed by atoms with Crippen molar-refractivity contribution in [3.63, 3.8) is 0 Å². The Morgan fingerprint density at radius 3 is 2.33 bits per heavy atom. The van der Waals surface area contributed by atoms with E-state index in [0.717, 1.165) is 19.2 Å². The molecule has 0 aromatic heterocycles. The topological polar surface area (TPSA) is 89.9 Å². The number of nitroso groups, excluding NO2 is 1. The Kier molecular flexibility index (Phi) is 4.90. The number of alkyl halides is 3. The van der Waals surface area contributed by atoms with Crippen molar-refractivity contribution in [1.82, 2.24) is 0 Å². The van der Waals surface area contributed by atoms with Gasteiger partial charge in [0.25, 0.3) is 5.78 Å². The fourth-order valence-corrected chi connectivity index (χ4v) is 1.43. The number of Topliss-reactive ketones (excluding diaryl/α,β-unsaturated/α-hetero) is 2. The van der Waals surface area contributed by atoms with Gasteiger partial charge in [0, 0.05) is 5.56 Å². The molecule has 0 heterocycles. The third-order valence-corrected chi connectivity index (χ3v) is 2.46. The first-order valence-electron chi connectivity index (χ1n) is 5.38. The van der Waals surface area contributed by atoms with E-state index in [4.69, 9.17) is 0 Å². The maximum absolute atomic E-state index is 12.5. The number of nitrogens with zero attached hydrogens (tertiary/aromatic N) is 1. The molecule has 9 heteroatoms.